The van der Waals surface area contributed by atoms with E-state index < -0.39 is 0 Å². The highest BCUT2D eigenvalue weighted by molar-refractivity contribution is 5.67. The van der Waals surface area contributed by atoms with Crippen LogP contribution in [0.4, 0.5) is 5.95 Å². The van der Waals surface area contributed by atoms with Crippen LogP contribution < -0.4 is 4.90 Å². The highest BCUT2D eigenvalue weighted by atomic mass is 16.5. The van der Waals surface area contributed by atoms with Gasteiger partial charge in [0.2, 0.25) is 11.8 Å². The van der Waals surface area contributed by atoms with Gasteiger partial charge in [0.1, 0.15) is 5.69 Å². The normalized spacial score (nSPS) is 13.4. The van der Waals surface area contributed by atoms with E-state index in [9.17, 15) is 0 Å². The van der Waals surface area contributed by atoms with Crippen molar-refractivity contribution in [3.8, 4) is 23.0 Å². The molecule has 1 aliphatic heterocycles. The van der Waals surface area contributed by atoms with Gasteiger partial charge in [0.25, 0.3) is 5.89 Å². The molecule has 0 bridgehead atoms. The lowest BCUT2D eigenvalue weighted by atomic mass is 9.94. The number of hydrogen-bond donors (Lipinski definition) is 0. The van der Waals surface area contributed by atoms with Crippen LogP contribution in [0.25, 0.3) is 23.0 Å². The van der Waals surface area contributed by atoms with E-state index >= 15 is 0 Å². The van der Waals surface area contributed by atoms with Crippen molar-refractivity contribution in [3.63, 3.8) is 0 Å². The molecule has 0 saturated carbocycles. The van der Waals surface area contributed by atoms with Crippen LogP contribution >= 0.6 is 0 Å². The van der Waals surface area contributed by atoms with Crippen LogP contribution in [0.2, 0.25) is 0 Å². The zero-order chi connectivity index (χ0) is 18.9. The van der Waals surface area contributed by atoms with Crippen molar-refractivity contribution in [3.05, 3.63) is 65.9 Å². The summed E-state index contributed by atoms with van der Waals surface area (Å²) >= 11 is 0. The van der Waals surface area contributed by atoms with Gasteiger partial charge in [-0.15, -0.1) is 0 Å². The molecule has 0 aliphatic carbocycles. The second kappa shape index (κ2) is 6.80. The summed E-state index contributed by atoms with van der Waals surface area (Å²) in [5.74, 6) is 1.68. The molecule has 0 atom stereocenters. The molecule has 4 aromatic rings. The lowest BCUT2D eigenvalue weighted by Gasteiger charge is -2.29. The van der Waals surface area contributed by atoms with Crippen LogP contribution in [0, 0.1) is 6.92 Å². The molecule has 0 saturated heterocycles. The molecule has 0 aromatic carbocycles. The topological polar surface area (TPSA) is 93.7 Å². The highest BCUT2D eigenvalue weighted by Gasteiger charge is 2.25. The minimum atomic E-state index is 0.405. The van der Waals surface area contributed by atoms with Crippen LogP contribution in [0.5, 0.6) is 0 Å². The Morgan fingerprint density at radius 2 is 1.86 bits per heavy atom. The third kappa shape index (κ3) is 2.88. The molecule has 0 unspecified atom stereocenters. The maximum atomic E-state index is 5.46. The quantitative estimate of drug-likeness (QED) is 0.543. The van der Waals surface area contributed by atoms with Crippen molar-refractivity contribution < 1.29 is 4.52 Å². The van der Waals surface area contributed by atoms with E-state index in [2.05, 4.69) is 35.0 Å². The van der Waals surface area contributed by atoms with E-state index in [1.54, 1.807) is 18.6 Å². The van der Waals surface area contributed by atoms with Crippen molar-refractivity contribution in [2.75, 3.05) is 11.4 Å². The monoisotopic (exact) mass is 371 g/mol. The van der Waals surface area contributed by atoms with Gasteiger partial charge in [-0.2, -0.15) is 4.98 Å². The van der Waals surface area contributed by atoms with Gasteiger partial charge in [0.15, 0.2) is 0 Å². The molecule has 0 N–H and O–H groups in total. The lowest BCUT2D eigenvalue weighted by Crippen LogP contribution is -2.32. The van der Waals surface area contributed by atoms with Gasteiger partial charge >= 0.3 is 0 Å². The first kappa shape index (κ1) is 16.5. The average Bonchev–Trinajstić information content (AvgIpc) is 3.24. The standard InChI is InChI=1S/C20H17N7O/c1-13-17(18-25-19(28-26-18)16-5-2-3-7-21-16)15-6-10-27(12-14(15)11-24-13)20-22-8-4-9-23-20/h2-5,7-9,11H,6,10,12H2,1H3. The summed E-state index contributed by atoms with van der Waals surface area (Å²) in [4.78, 5) is 24.3. The van der Waals surface area contributed by atoms with E-state index in [0.717, 1.165) is 35.7 Å². The highest BCUT2D eigenvalue weighted by Crippen LogP contribution is 2.32. The van der Waals surface area contributed by atoms with Crippen molar-refractivity contribution in [1.82, 2.24) is 30.1 Å². The number of rotatable bonds is 3. The first-order valence-electron chi connectivity index (χ1n) is 9.04. The lowest BCUT2D eigenvalue weighted by molar-refractivity contribution is 0.431. The van der Waals surface area contributed by atoms with Gasteiger partial charge in [0, 0.05) is 49.1 Å². The Labute approximate surface area is 161 Å². The Balaban J connectivity index is 1.52. The smallest absolute Gasteiger partial charge is 0.276 e. The zero-order valence-corrected chi connectivity index (χ0v) is 15.3. The van der Waals surface area contributed by atoms with Crippen LogP contribution in [-0.2, 0) is 13.0 Å². The maximum Gasteiger partial charge on any atom is 0.276 e. The number of anilines is 1. The summed E-state index contributed by atoms with van der Waals surface area (Å²) in [5.41, 5.74) is 4.81. The molecule has 5 rings (SSSR count). The summed E-state index contributed by atoms with van der Waals surface area (Å²) in [7, 11) is 0. The van der Waals surface area contributed by atoms with Gasteiger partial charge < -0.3 is 9.42 Å². The third-order valence-electron chi connectivity index (χ3n) is 4.83. The number of fused-ring (bicyclic) bond motifs is 1. The molecular weight excluding hydrogens is 354 g/mol. The van der Waals surface area contributed by atoms with Crippen molar-refractivity contribution >= 4 is 5.95 Å². The predicted molar refractivity (Wildman–Crippen MR) is 102 cm³/mol. The first-order chi connectivity index (χ1) is 13.8. The van der Waals surface area contributed by atoms with Crippen LogP contribution in [-0.4, -0.2) is 36.6 Å². The third-order valence-corrected chi connectivity index (χ3v) is 4.83. The molecule has 28 heavy (non-hydrogen) atoms. The van der Waals surface area contributed by atoms with E-state index in [-0.39, 0.29) is 0 Å². The molecule has 1 aliphatic rings. The molecule has 0 spiro atoms. The minimum Gasteiger partial charge on any atom is -0.336 e. The summed E-state index contributed by atoms with van der Waals surface area (Å²) in [5, 5.41) is 4.20. The molecule has 5 heterocycles. The molecule has 4 aromatic heterocycles. The van der Waals surface area contributed by atoms with E-state index in [1.807, 2.05) is 37.4 Å². The van der Waals surface area contributed by atoms with Gasteiger partial charge in [-0.05, 0) is 42.7 Å². The van der Waals surface area contributed by atoms with Crippen molar-refractivity contribution in [1.29, 1.82) is 0 Å². The molecule has 8 heteroatoms. The summed E-state index contributed by atoms with van der Waals surface area (Å²) in [6, 6.07) is 7.41. The number of aromatic nitrogens is 6. The largest absolute Gasteiger partial charge is 0.336 e. The van der Waals surface area contributed by atoms with E-state index in [0.29, 0.717) is 24.0 Å². The number of pyridine rings is 2. The van der Waals surface area contributed by atoms with Crippen LogP contribution in [0.1, 0.15) is 16.8 Å². The molecule has 0 amide bonds. The fraction of sp³-hybridized carbons (Fsp3) is 0.200. The Kier molecular flexibility index (Phi) is 4.01. The zero-order valence-electron chi connectivity index (χ0n) is 15.3. The maximum absolute atomic E-state index is 5.46. The SMILES string of the molecule is Cc1ncc2c(c1-c1noc(-c3ccccn3)n1)CCN(c1ncccn1)C2. The Hall–Kier alpha value is -3.68. The summed E-state index contributed by atoms with van der Waals surface area (Å²) < 4.78 is 5.46. The number of aryl methyl sites for hydroxylation is 1. The van der Waals surface area contributed by atoms with Gasteiger partial charge in [-0.1, -0.05) is 11.2 Å². The average molecular weight is 371 g/mol. The van der Waals surface area contributed by atoms with Gasteiger partial charge in [-0.25, -0.2) is 9.97 Å². The molecular formula is C20H17N7O. The van der Waals surface area contributed by atoms with E-state index in [1.165, 1.54) is 5.56 Å². The first-order valence-corrected chi connectivity index (χ1v) is 9.04. The molecule has 0 fully saturated rings. The molecule has 0 radical (unpaired) electrons. The fourth-order valence-corrected chi connectivity index (χ4v) is 3.49. The predicted octanol–water partition coefficient (Wildman–Crippen LogP) is 2.85. The fourth-order valence-electron chi connectivity index (χ4n) is 3.49. The molecule has 8 nitrogen and oxygen atoms in total. The Bertz CT molecular complexity index is 1110. The van der Waals surface area contributed by atoms with Gasteiger partial charge in [0.05, 0.1) is 0 Å². The second-order valence-corrected chi connectivity index (χ2v) is 6.58. The van der Waals surface area contributed by atoms with Crippen molar-refractivity contribution in [2.45, 2.75) is 19.9 Å². The van der Waals surface area contributed by atoms with Crippen molar-refractivity contribution in [2.24, 2.45) is 0 Å². The van der Waals surface area contributed by atoms with Gasteiger partial charge in [-0.3, -0.25) is 9.97 Å². The van der Waals surface area contributed by atoms with E-state index in [4.69, 9.17) is 4.52 Å². The Morgan fingerprint density at radius 3 is 2.68 bits per heavy atom. The summed E-state index contributed by atoms with van der Waals surface area (Å²) in [6.45, 7) is 3.49. The Morgan fingerprint density at radius 1 is 1.00 bits per heavy atom. The number of hydrogen-bond acceptors (Lipinski definition) is 8. The van der Waals surface area contributed by atoms with Crippen LogP contribution in [0.3, 0.4) is 0 Å². The van der Waals surface area contributed by atoms with Crippen LogP contribution in [0.15, 0.2) is 53.6 Å². The summed E-state index contributed by atoms with van der Waals surface area (Å²) in [6.07, 6.45) is 7.98. The number of nitrogens with zero attached hydrogens (tertiary/aromatic N) is 7. The minimum absolute atomic E-state index is 0.405. The second-order valence-electron chi connectivity index (χ2n) is 6.58. The molecule has 138 valence electrons.